The van der Waals surface area contributed by atoms with Gasteiger partial charge in [0, 0.05) is 25.9 Å². The van der Waals surface area contributed by atoms with E-state index in [4.69, 9.17) is 34.6 Å². The van der Waals surface area contributed by atoms with E-state index in [1.807, 2.05) is 18.2 Å². The molecule has 0 bridgehead atoms. The number of carbonyl (C=O) groups is 3. The van der Waals surface area contributed by atoms with Crippen molar-refractivity contribution in [3.8, 4) is 28.7 Å². The van der Waals surface area contributed by atoms with Gasteiger partial charge in [-0.25, -0.2) is 13.6 Å². The first kappa shape index (κ1) is 40.5. The monoisotopic (exact) mass is 733 g/mol. The smallest absolute Gasteiger partial charge is 0.490 e. The fraction of sp³-hybridized carbons (Fsp3) is 0.250. The van der Waals surface area contributed by atoms with Crippen LogP contribution in [-0.2, 0) is 34.0 Å². The van der Waals surface area contributed by atoms with Crippen LogP contribution in [0.2, 0.25) is 0 Å². The van der Waals surface area contributed by atoms with E-state index < -0.39 is 29.7 Å². The highest BCUT2D eigenvalue weighted by atomic mass is 19.4. The maximum atomic E-state index is 13.8. The van der Waals surface area contributed by atoms with E-state index in [9.17, 15) is 31.5 Å². The SMILES string of the molecule is COc1cc(CN(C(=O)CCC(=O)NCc2ccc(F)c(F)c2)c2ccccc2Oc2cccc(CN)c2)cc(OC)c1OC.O=C(O)C(F)(F)F. The average molecular weight is 734 g/mol. The molecule has 11 nitrogen and oxygen atoms in total. The van der Waals surface area contributed by atoms with Crippen molar-refractivity contribution in [2.45, 2.75) is 38.7 Å². The number of amides is 2. The third-order valence-corrected chi connectivity index (χ3v) is 7.17. The van der Waals surface area contributed by atoms with Gasteiger partial charge >= 0.3 is 12.1 Å². The number of hydrogen-bond donors (Lipinski definition) is 3. The summed E-state index contributed by atoms with van der Waals surface area (Å²) in [7, 11) is 4.50. The summed E-state index contributed by atoms with van der Waals surface area (Å²) in [5, 5.41) is 9.77. The highest BCUT2D eigenvalue weighted by Crippen LogP contribution is 2.40. The molecule has 0 spiro atoms. The molecule has 0 aromatic heterocycles. The van der Waals surface area contributed by atoms with Crippen molar-refractivity contribution in [1.29, 1.82) is 0 Å². The number of methoxy groups -OCH3 is 3. The van der Waals surface area contributed by atoms with Gasteiger partial charge in [0.2, 0.25) is 17.6 Å². The number of ether oxygens (including phenoxy) is 4. The molecule has 0 saturated carbocycles. The van der Waals surface area contributed by atoms with E-state index in [0.717, 1.165) is 17.7 Å². The number of hydrogen-bond acceptors (Lipinski definition) is 8. The normalized spacial score (nSPS) is 10.7. The molecular formula is C36H36F5N3O8. The summed E-state index contributed by atoms with van der Waals surface area (Å²) in [6.45, 7) is 0.399. The van der Waals surface area contributed by atoms with Gasteiger partial charge in [-0.2, -0.15) is 13.2 Å². The third-order valence-electron chi connectivity index (χ3n) is 7.17. The quantitative estimate of drug-likeness (QED) is 0.123. The zero-order valence-corrected chi connectivity index (χ0v) is 28.3. The maximum absolute atomic E-state index is 13.8. The third kappa shape index (κ3) is 11.6. The predicted molar refractivity (Wildman–Crippen MR) is 179 cm³/mol. The number of anilines is 1. The Balaban J connectivity index is 0.000000944. The number of para-hydroxylation sites is 2. The Labute approximate surface area is 295 Å². The molecule has 278 valence electrons. The number of alkyl halides is 3. The molecule has 16 heteroatoms. The van der Waals surface area contributed by atoms with Crippen LogP contribution in [0, 0.1) is 11.6 Å². The van der Waals surface area contributed by atoms with Crippen molar-refractivity contribution in [3.63, 3.8) is 0 Å². The molecule has 4 aromatic carbocycles. The lowest BCUT2D eigenvalue weighted by atomic mass is 10.1. The lowest BCUT2D eigenvalue weighted by Gasteiger charge is -2.26. The van der Waals surface area contributed by atoms with Crippen molar-refractivity contribution < 1.29 is 60.4 Å². The second kappa shape index (κ2) is 18.9. The number of halogens is 5. The zero-order valence-electron chi connectivity index (χ0n) is 28.3. The Bertz CT molecular complexity index is 1830. The summed E-state index contributed by atoms with van der Waals surface area (Å²) in [5.41, 5.74) is 8.21. The highest BCUT2D eigenvalue weighted by Gasteiger charge is 2.38. The van der Waals surface area contributed by atoms with Crippen LogP contribution in [0.4, 0.5) is 27.6 Å². The number of carboxylic acids is 1. The molecule has 0 radical (unpaired) electrons. The van der Waals surface area contributed by atoms with Crippen LogP contribution in [0.5, 0.6) is 28.7 Å². The lowest BCUT2D eigenvalue weighted by Crippen LogP contribution is -2.32. The Morgan fingerprint density at radius 1 is 0.769 bits per heavy atom. The van der Waals surface area contributed by atoms with Crippen LogP contribution in [0.1, 0.15) is 29.5 Å². The number of nitrogens with one attached hydrogen (secondary N) is 1. The van der Waals surface area contributed by atoms with E-state index in [1.165, 1.54) is 32.3 Å². The Hall–Kier alpha value is -5.90. The summed E-state index contributed by atoms with van der Waals surface area (Å²) in [6, 6.07) is 21.3. The molecule has 0 atom stereocenters. The van der Waals surface area contributed by atoms with Gasteiger partial charge < -0.3 is 40.0 Å². The molecular weight excluding hydrogens is 697 g/mol. The van der Waals surface area contributed by atoms with Gasteiger partial charge in [-0.05, 0) is 65.2 Å². The summed E-state index contributed by atoms with van der Waals surface area (Å²) in [4.78, 5) is 36.9. The minimum absolute atomic E-state index is 0.0160. The summed E-state index contributed by atoms with van der Waals surface area (Å²) >= 11 is 0. The molecule has 0 unspecified atom stereocenters. The van der Waals surface area contributed by atoms with Crippen LogP contribution in [0.15, 0.2) is 78.9 Å². The molecule has 0 aliphatic carbocycles. The molecule has 4 N–H and O–H groups in total. The number of benzene rings is 4. The first-order valence-electron chi connectivity index (χ1n) is 15.4. The lowest BCUT2D eigenvalue weighted by molar-refractivity contribution is -0.192. The molecule has 4 rings (SSSR count). The fourth-order valence-corrected chi connectivity index (χ4v) is 4.64. The standard InChI is InChI=1S/C34H35F2N3O6.C2HF3O2/c1-42-30-17-24(18-31(43-2)34(30)44-3)21-39(28-9-4-5-10-29(28)45-25-8-6-7-22(15-25)19-37)33(41)14-13-32(40)38-20-23-11-12-26(35)27(36)16-23;3-2(4,5)1(6)7/h4-12,15-18H,13-14,19-21,37H2,1-3H3,(H,38,40);(H,6,7). The topological polar surface area (TPSA) is 150 Å². The Morgan fingerprint density at radius 3 is 2.00 bits per heavy atom. The van der Waals surface area contributed by atoms with Gasteiger partial charge in [0.15, 0.2) is 28.9 Å². The van der Waals surface area contributed by atoms with Gasteiger partial charge in [-0.1, -0.05) is 30.3 Å². The molecule has 2 amide bonds. The van der Waals surface area contributed by atoms with Gasteiger partial charge in [-0.15, -0.1) is 0 Å². The minimum atomic E-state index is -5.08. The van der Waals surface area contributed by atoms with Crippen molar-refractivity contribution in [3.05, 3.63) is 107 Å². The molecule has 0 aliphatic heterocycles. The fourth-order valence-electron chi connectivity index (χ4n) is 4.64. The highest BCUT2D eigenvalue weighted by molar-refractivity contribution is 5.96. The van der Waals surface area contributed by atoms with Crippen molar-refractivity contribution >= 4 is 23.5 Å². The molecule has 0 aliphatic rings. The van der Waals surface area contributed by atoms with Crippen LogP contribution >= 0.6 is 0 Å². The summed E-state index contributed by atoms with van der Waals surface area (Å²) in [6.07, 6.45) is -5.37. The van der Waals surface area contributed by atoms with Crippen LogP contribution < -0.4 is 34.9 Å². The van der Waals surface area contributed by atoms with E-state index in [0.29, 0.717) is 52.1 Å². The van der Waals surface area contributed by atoms with Crippen molar-refractivity contribution in [2.75, 3.05) is 26.2 Å². The van der Waals surface area contributed by atoms with Crippen LogP contribution in [-0.4, -0.2) is 50.4 Å². The van der Waals surface area contributed by atoms with Gasteiger partial charge in [0.25, 0.3) is 0 Å². The molecule has 52 heavy (non-hydrogen) atoms. The molecule has 4 aromatic rings. The number of nitrogens with zero attached hydrogens (tertiary/aromatic N) is 1. The van der Waals surface area contributed by atoms with Crippen molar-refractivity contribution in [2.24, 2.45) is 5.73 Å². The van der Waals surface area contributed by atoms with E-state index in [-0.39, 0.29) is 31.8 Å². The zero-order chi connectivity index (χ0) is 38.4. The van der Waals surface area contributed by atoms with Gasteiger partial charge in [0.05, 0.1) is 33.6 Å². The summed E-state index contributed by atoms with van der Waals surface area (Å²) in [5.74, 6) is -3.33. The maximum Gasteiger partial charge on any atom is 0.490 e. The van der Waals surface area contributed by atoms with E-state index >= 15 is 0 Å². The average Bonchev–Trinajstić information content (AvgIpc) is 3.13. The first-order valence-corrected chi connectivity index (χ1v) is 15.4. The Morgan fingerprint density at radius 2 is 1.42 bits per heavy atom. The number of aliphatic carboxylic acids is 1. The number of carbonyl (C=O) groups excluding carboxylic acids is 2. The Kier molecular flexibility index (Phi) is 14.7. The van der Waals surface area contributed by atoms with E-state index in [2.05, 4.69) is 5.32 Å². The van der Waals surface area contributed by atoms with Gasteiger partial charge in [0.1, 0.15) is 5.75 Å². The summed E-state index contributed by atoms with van der Waals surface area (Å²) < 4.78 is 81.2. The van der Waals surface area contributed by atoms with E-state index in [1.54, 1.807) is 42.5 Å². The number of nitrogens with two attached hydrogens (primary N) is 1. The largest absolute Gasteiger partial charge is 0.493 e. The number of carboxylic acid groups (broad SMARTS) is 1. The second-order valence-electron chi connectivity index (χ2n) is 10.8. The van der Waals surface area contributed by atoms with Crippen molar-refractivity contribution in [1.82, 2.24) is 5.32 Å². The number of rotatable bonds is 14. The molecule has 0 heterocycles. The molecule has 0 fully saturated rings. The predicted octanol–water partition coefficient (Wildman–Crippen LogP) is 6.50. The minimum Gasteiger partial charge on any atom is -0.493 e. The molecule has 0 saturated heterocycles. The van der Waals surface area contributed by atoms with Crippen LogP contribution in [0.25, 0.3) is 0 Å². The van der Waals surface area contributed by atoms with Crippen LogP contribution in [0.3, 0.4) is 0 Å². The first-order chi connectivity index (χ1) is 24.7. The van der Waals surface area contributed by atoms with Gasteiger partial charge in [-0.3, -0.25) is 9.59 Å². The second-order valence-corrected chi connectivity index (χ2v) is 10.8.